The quantitative estimate of drug-likeness (QED) is 0.881. The zero-order valence-electron chi connectivity index (χ0n) is 10.6. The summed E-state index contributed by atoms with van der Waals surface area (Å²) in [6.07, 6.45) is 0.343. The van der Waals surface area contributed by atoms with Crippen molar-refractivity contribution < 1.29 is 18.3 Å². The fourth-order valence-corrected chi connectivity index (χ4v) is 2.88. The van der Waals surface area contributed by atoms with Gasteiger partial charge in [-0.3, -0.25) is 4.79 Å². The predicted molar refractivity (Wildman–Crippen MR) is 68.0 cm³/mol. The van der Waals surface area contributed by atoms with Gasteiger partial charge in [-0.25, -0.2) is 12.7 Å². The molecule has 0 aliphatic carbocycles. The smallest absolute Gasteiger partial charge is 0.311 e. The molecule has 0 aliphatic rings. The van der Waals surface area contributed by atoms with Crippen LogP contribution in [0.5, 0.6) is 0 Å². The standard InChI is InChI=1S/C12H17NO4S/c1-4-9(12(14)15)10-7-5-6-8-11(10)18(16,17)13(2)3/h5-9H,4H2,1-3H3,(H,14,15). The van der Waals surface area contributed by atoms with Crippen molar-refractivity contribution in [1.82, 2.24) is 4.31 Å². The van der Waals surface area contributed by atoms with E-state index >= 15 is 0 Å². The number of hydrogen-bond donors (Lipinski definition) is 1. The number of aliphatic carboxylic acids is 1. The summed E-state index contributed by atoms with van der Waals surface area (Å²) in [5.74, 6) is -1.82. The van der Waals surface area contributed by atoms with Crippen molar-refractivity contribution in [3.8, 4) is 0 Å². The average Bonchev–Trinajstić information content (AvgIpc) is 2.29. The molecule has 1 aromatic rings. The molecule has 0 spiro atoms. The molecular formula is C12H17NO4S. The molecule has 0 bridgehead atoms. The molecule has 0 heterocycles. The summed E-state index contributed by atoms with van der Waals surface area (Å²) in [6, 6.07) is 6.24. The molecule has 0 radical (unpaired) electrons. The zero-order chi connectivity index (χ0) is 13.9. The van der Waals surface area contributed by atoms with Gasteiger partial charge in [0.05, 0.1) is 10.8 Å². The van der Waals surface area contributed by atoms with E-state index in [4.69, 9.17) is 5.11 Å². The van der Waals surface area contributed by atoms with E-state index in [1.54, 1.807) is 25.1 Å². The molecule has 1 aromatic carbocycles. The minimum Gasteiger partial charge on any atom is -0.481 e. The first-order valence-electron chi connectivity index (χ1n) is 5.56. The second-order valence-corrected chi connectivity index (χ2v) is 6.24. The van der Waals surface area contributed by atoms with Crippen LogP contribution < -0.4 is 0 Å². The Bertz CT molecular complexity index is 537. The fourth-order valence-electron chi connectivity index (χ4n) is 1.73. The highest BCUT2D eigenvalue weighted by atomic mass is 32.2. The maximum Gasteiger partial charge on any atom is 0.311 e. The summed E-state index contributed by atoms with van der Waals surface area (Å²) in [4.78, 5) is 11.2. The van der Waals surface area contributed by atoms with E-state index in [0.717, 1.165) is 4.31 Å². The van der Waals surface area contributed by atoms with Gasteiger partial charge in [-0.1, -0.05) is 25.1 Å². The topological polar surface area (TPSA) is 74.7 Å². The molecule has 0 amide bonds. The average molecular weight is 271 g/mol. The zero-order valence-corrected chi connectivity index (χ0v) is 11.4. The van der Waals surface area contributed by atoms with Gasteiger partial charge in [0.2, 0.25) is 10.0 Å². The number of carboxylic acids is 1. The SMILES string of the molecule is CCC(C(=O)O)c1ccccc1S(=O)(=O)N(C)C. The van der Waals surface area contributed by atoms with E-state index in [2.05, 4.69) is 0 Å². The van der Waals surface area contributed by atoms with Crippen LogP contribution in [-0.2, 0) is 14.8 Å². The van der Waals surface area contributed by atoms with E-state index in [9.17, 15) is 13.2 Å². The first-order valence-corrected chi connectivity index (χ1v) is 7.00. The lowest BCUT2D eigenvalue weighted by Crippen LogP contribution is -2.25. The minimum atomic E-state index is -3.63. The lowest BCUT2D eigenvalue weighted by atomic mass is 9.97. The van der Waals surface area contributed by atoms with Gasteiger partial charge in [0.15, 0.2) is 0 Å². The van der Waals surface area contributed by atoms with Crippen LogP contribution in [0, 0.1) is 0 Å². The summed E-state index contributed by atoms with van der Waals surface area (Å²) >= 11 is 0. The van der Waals surface area contributed by atoms with Crippen molar-refractivity contribution in [3.05, 3.63) is 29.8 Å². The number of carbonyl (C=O) groups is 1. The van der Waals surface area contributed by atoms with Crippen molar-refractivity contribution in [2.24, 2.45) is 0 Å². The molecule has 18 heavy (non-hydrogen) atoms. The molecule has 0 saturated heterocycles. The fraction of sp³-hybridized carbons (Fsp3) is 0.417. The van der Waals surface area contributed by atoms with Crippen LogP contribution in [0.25, 0.3) is 0 Å². The number of benzene rings is 1. The largest absolute Gasteiger partial charge is 0.481 e. The van der Waals surface area contributed by atoms with Crippen molar-refractivity contribution in [2.45, 2.75) is 24.2 Å². The van der Waals surface area contributed by atoms with Crippen LogP contribution >= 0.6 is 0 Å². The highest BCUT2D eigenvalue weighted by Crippen LogP contribution is 2.28. The number of sulfonamides is 1. The van der Waals surface area contributed by atoms with Crippen LogP contribution in [0.2, 0.25) is 0 Å². The molecule has 6 heteroatoms. The van der Waals surface area contributed by atoms with Gasteiger partial charge in [-0.2, -0.15) is 0 Å². The predicted octanol–water partition coefficient (Wildman–Crippen LogP) is 1.52. The Hall–Kier alpha value is -1.40. The van der Waals surface area contributed by atoms with Gasteiger partial charge in [0, 0.05) is 14.1 Å². The molecule has 0 aliphatic heterocycles. The Balaban J connectivity index is 3.44. The van der Waals surface area contributed by atoms with Crippen LogP contribution in [0.3, 0.4) is 0 Å². The summed E-state index contributed by atoms with van der Waals surface area (Å²) in [5, 5.41) is 9.15. The monoisotopic (exact) mass is 271 g/mol. The Kier molecular flexibility index (Phi) is 4.48. The van der Waals surface area contributed by atoms with Crippen molar-refractivity contribution in [3.63, 3.8) is 0 Å². The number of rotatable bonds is 5. The van der Waals surface area contributed by atoms with Gasteiger partial charge in [-0.05, 0) is 18.1 Å². The van der Waals surface area contributed by atoms with Crippen LogP contribution in [-0.4, -0.2) is 37.9 Å². The molecule has 1 atom stereocenters. The van der Waals surface area contributed by atoms with Crippen molar-refractivity contribution in [1.29, 1.82) is 0 Å². The summed E-state index contributed by atoms with van der Waals surface area (Å²) in [6.45, 7) is 1.72. The molecule has 0 aromatic heterocycles. The lowest BCUT2D eigenvalue weighted by Gasteiger charge is -2.18. The Morgan fingerprint density at radius 1 is 1.33 bits per heavy atom. The third-order valence-electron chi connectivity index (χ3n) is 2.76. The van der Waals surface area contributed by atoms with Gasteiger partial charge in [0.25, 0.3) is 0 Å². The lowest BCUT2D eigenvalue weighted by molar-refractivity contribution is -0.138. The van der Waals surface area contributed by atoms with E-state index in [1.807, 2.05) is 0 Å². The number of hydrogen-bond acceptors (Lipinski definition) is 3. The molecular weight excluding hydrogens is 254 g/mol. The minimum absolute atomic E-state index is 0.0595. The van der Waals surface area contributed by atoms with Gasteiger partial charge < -0.3 is 5.11 Å². The third-order valence-corrected chi connectivity index (χ3v) is 4.65. The third kappa shape index (κ3) is 2.70. The van der Waals surface area contributed by atoms with Crippen molar-refractivity contribution in [2.75, 3.05) is 14.1 Å². The van der Waals surface area contributed by atoms with Crippen LogP contribution in [0.1, 0.15) is 24.8 Å². The highest BCUT2D eigenvalue weighted by molar-refractivity contribution is 7.89. The molecule has 100 valence electrons. The summed E-state index contributed by atoms with van der Waals surface area (Å²) in [5.41, 5.74) is 0.334. The van der Waals surface area contributed by atoms with Gasteiger partial charge in [0.1, 0.15) is 0 Å². The molecule has 1 N–H and O–H groups in total. The first kappa shape index (κ1) is 14.7. The van der Waals surface area contributed by atoms with Gasteiger partial charge >= 0.3 is 5.97 Å². The maximum atomic E-state index is 12.1. The Morgan fingerprint density at radius 3 is 2.33 bits per heavy atom. The first-order chi connectivity index (χ1) is 8.32. The number of nitrogens with zero attached hydrogens (tertiary/aromatic N) is 1. The molecule has 0 fully saturated rings. The molecule has 5 nitrogen and oxygen atoms in total. The van der Waals surface area contributed by atoms with Crippen LogP contribution in [0.4, 0.5) is 0 Å². The molecule has 0 saturated carbocycles. The maximum absolute atomic E-state index is 12.1. The second kappa shape index (κ2) is 5.49. The molecule has 1 unspecified atom stereocenters. The second-order valence-electron chi connectivity index (χ2n) is 4.12. The van der Waals surface area contributed by atoms with E-state index in [-0.39, 0.29) is 4.90 Å². The van der Waals surface area contributed by atoms with Gasteiger partial charge in [-0.15, -0.1) is 0 Å². The van der Waals surface area contributed by atoms with Crippen LogP contribution in [0.15, 0.2) is 29.2 Å². The normalized spacial score (nSPS) is 13.6. The Labute approximate surface area is 107 Å². The van der Waals surface area contributed by atoms with E-state index < -0.39 is 21.9 Å². The summed E-state index contributed by atoms with van der Waals surface area (Å²) < 4.78 is 25.3. The highest BCUT2D eigenvalue weighted by Gasteiger charge is 2.27. The van der Waals surface area contributed by atoms with Crippen molar-refractivity contribution >= 4 is 16.0 Å². The Morgan fingerprint density at radius 2 is 1.89 bits per heavy atom. The van der Waals surface area contributed by atoms with E-state index in [0.29, 0.717) is 12.0 Å². The number of carboxylic acid groups (broad SMARTS) is 1. The molecule has 1 rings (SSSR count). The summed E-state index contributed by atoms with van der Waals surface area (Å²) in [7, 11) is -0.777. The van der Waals surface area contributed by atoms with E-state index in [1.165, 1.54) is 20.2 Å².